The first-order chi connectivity index (χ1) is 12.4. The molecule has 0 saturated carbocycles. The van der Waals surface area contributed by atoms with Crippen molar-refractivity contribution in [3.63, 3.8) is 0 Å². The van der Waals surface area contributed by atoms with E-state index in [4.69, 9.17) is 4.74 Å². The molecule has 0 aliphatic carbocycles. The zero-order valence-electron chi connectivity index (χ0n) is 14.6. The smallest absolute Gasteiger partial charge is 0.340 e. The number of quaternary nitrogens is 1. The average molecular weight is 363 g/mol. The maximum Gasteiger partial charge on any atom is 0.340 e. The van der Waals surface area contributed by atoms with E-state index in [1.807, 2.05) is 0 Å². The second-order valence-corrected chi connectivity index (χ2v) is 5.71. The van der Waals surface area contributed by atoms with E-state index in [9.17, 15) is 18.4 Å². The molecule has 0 saturated heterocycles. The minimum absolute atomic E-state index is 0.00907. The average Bonchev–Trinajstić information content (AvgIpc) is 2.60. The summed E-state index contributed by atoms with van der Waals surface area (Å²) in [5.74, 6) is -2.17. The first kappa shape index (κ1) is 19.5. The van der Waals surface area contributed by atoms with Crippen LogP contribution >= 0.6 is 0 Å². The number of nitrogens with one attached hydrogen (secondary N) is 1. The topological polar surface area (TPSA) is 72.0 Å². The lowest BCUT2D eigenvalue weighted by atomic mass is 10.1. The van der Waals surface area contributed by atoms with Gasteiger partial charge in [-0.25, -0.2) is 13.6 Å². The lowest BCUT2D eigenvalue weighted by Gasteiger charge is -2.13. The number of anilines is 1. The molecule has 3 N–H and O–H groups in total. The third-order valence-corrected chi connectivity index (χ3v) is 3.81. The molecule has 2 aromatic rings. The molecular formula is C19H21F2N2O3+. The van der Waals surface area contributed by atoms with Gasteiger partial charge in [-0.1, -0.05) is 12.1 Å². The van der Waals surface area contributed by atoms with Crippen LogP contribution in [0, 0.1) is 11.6 Å². The van der Waals surface area contributed by atoms with Crippen molar-refractivity contribution in [1.82, 2.24) is 0 Å². The summed E-state index contributed by atoms with van der Waals surface area (Å²) in [7, 11) is 0. The van der Waals surface area contributed by atoms with Gasteiger partial charge in [0, 0.05) is 11.6 Å². The van der Waals surface area contributed by atoms with Crippen LogP contribution in [0.1, 0.15) is 35.8 Å². The molecule has 2 aromatic carbocycles. The van der Waals surface area contributed by atoms with Crippen LogP contribution in [0.2, 0.25) is 0 Å². The van der Waals surface area contributed by atoms with Crippen LogP contribution in [-0.4, -0.2) is 25.0 Å². The van der Waals surface area contributed by atoms with Crippen LogP contribution in [0.25, 0.3) is 0 Å². The molecule has 0 bridgehead atoms. The number of esters is 1. The van der Waals surface area contributed by atoms with Crippen LogP contribution in [0.3, 0.4) is 0 Å². The van der Waals surface area contributed by atoms with E-state index in [-0.39, 0.29) is 30.7 Å². The summed E-state index contributed by atoms with van der Waals surface area (Å²) in [6, 6.07) is 9.52. The Hall–Kier alpha value is -2.80. The van der Waals surface area contributed by atoms with E-state index >= 15 is 0 Å². The number of carbonyl (C=O) groups is 2. The van der Waals surface area contributed by atoms with Gasteiger partial charge in [-0.15, -0.1) is 0 Å². The summed E-state index contributed by atoms with van der Waals surface area (Å²) < 4.78 is 31.7. The van der Waals surface area contributed by atoms with Gasteiger partial charge in [-0.3, -0.25) is 4.79 Å². The number of carbonyl (C=O) groups excluding carboxylic acids is 2. The molecule has 0 heterocycles. The quantitative estimate of drug-likeness (QED) is 0.742. The predicted molar refractivity (Wildman–Crippen MR) is 92.6 cm³/mol. The number of hydrogen-bond acceptors (Lipinski definition) is 3. The Morgan fingerprint density at radius 1 is 1.19 bits per heavy atom. The van der Waals surface area contributed by atoms with Crippen molar-refractivity contribution in [2.24, 2.45) is 0 Å². The first-order valence-corrected chi connectivity index (χ1v) is 8.26. The van der Waals surface area contributed by atoms with Crippen LogP contribution in [0.15, 0.2) is 42.5 Å². The first-order valence-electron chi connectivity index (χ1n) is 8.26. The van der Waals surface area contributed by atoms with Crippen molar-refractivity contribution in [1.29, 1.82) is 0 Å². The van der Waals surface area contributed by atoms with Crippen molar-refractivity contribution in [2.45, 2.75) is 19.9 Å². The normalized spacial score (nSPS) is 11.7. The summed E-state index contributed by atoms with van der Waals surface area (Å²) in [5, 5.41) is 4.28. The van der Waals surface area contributed by atoms with E-state index in [1.165, 1.54) is 12.1 Å². The largest absolute Gasteiger partial charge is 0.462 e. The summed E-state index contributed by atoms with van der Waals surface area (Å²) in [6.45, 7) is 3.66. The summed E-state index contributed by atoms with van der Waals surface area (Å²) in [4.78, 5) is 24.1. The molecule has 1 atom stereocenters. The monoisotopic (exact) mass is 363 g/mol. The van der Waals surface area contributed by atoms with Gasteiger partial charge >= 0.3 is 5.97 Å². The number of hydrogen-bond donors (Lipinski definition) is 2. The van der Waals surface area contributed by atoms with E-state index in [0.717, 1.165) is 6.07 Å². The fraction of sp³-hybridized carbons (Fsp3) is 0.263. The fourth-order valence-electron chi connectivity index (χ4n) is 2.46. The zero-order chi connectivity index (χ0) is 19.1. The predicted octanol–water partition coefficient (Wildman–Crippen LogP) is 2.40. The van der Waals surface area contributed by atoms with Crippen LogP contribution in [0.4, 0.5) is 14.5 Å². The summed E-state index contributed by atoms with van der Waals surface area (Å²) in [6.07, 6.45) is 0. The lowest BCUT2D eigenvalue weighted by Crippen LogP contribution is -2.86. The molecule has 26 heavy (non-hydrogen) atoms. The highest BCUT2D eigenvalue weighted by atomic mass is 19.1. The van der Waals surface area contributed by atoms with Gasteiger partial charge in [-0.2, -0.15) is 0 Å². The minimum Gasteiger partial charge on any atom is -0.462 e. The van der Waals surface area contributed by atoms with Gasteiger partial charge in [0.05, 0.1) is 17.9 Å². The SMILES string of the molecule is CCOC(=O)c1ccccc1NC(=O)C[NH2+][C@H](C)c1ccc(F)cc1F. The van der Waals surface area contributed by atoms with Crippen molar-refractivity contribution in [3.8, 4) is 0 Å². The molecule has 5 nitrogen and oxygen atoms in total. The van der Waals surface area contributed by atoms with Crippen LogP contribution in [-0.2, 0) is 9.53 Å². The molecule has 0 unspecified atom stereocenters. The van der Waals surface area contributed by atoms with Gasteiger partial charge in [0.25, 0.3) is 5.91 Å². The van der Waals surface area contributed by atoms with Crippen LogP contribution < -0.4 is 10.6 Å². The number of ether oxygens (including phenoxy) is 1. The molecule has 0 aromatic heterocycles. The third-order valence-electron chi connectivity index (χ3n) is 3.81. The molecule has 0 aliphatic rings. The molecule has 7 heteroatoms. The van der Waals surface area contributed by atoms with Gasteiger partial charge in [0.1, 0.15) is 17.7 Å². The molecule has 0 spiro atoms. The van der Waals surface area contributed by atoms with Gasteiger partial charge in [0.2, 0.25) is 0 Å². The molecule has 2 rings (SSSR count). The molecule has 0 radical (unpaired) electrons. The molecule has 0 aliphatic heterocycles. The van der Waals surface area contributed by atoms with Crippen molar-refractivity contribution < 1.29 is 28.4 Å². The van der Waals surface area contributed by atoms with Gasteiger partial charge in [0.15, 0.2) is 6.54 Å². The second kappa shape index (κ2) is 9.05. The molecule has 1 amide bonds. The van der Waals surface area contributed by atoms with Gasteiger partial charge in [-0.05, 0) is 38.1 Å². The number of rotatable bonds is 7. The number of para-hydroxylation sites is 1. The standard InChI is InChI=1S/C19H20F2N2O3/c1-3-26-19(25)15-6-4-5-7-17(15)23-18(24)11-22-12(2)14-9-8-13(20)10-16(14)21/h4-10,12,22H,3,11H2,1-2H3,(H,23,24)/p+1/t12-/m1/s1. The Kier molecular flexibility index (Phi) is 6.80. The molecule has 138 valence electrons. The maximum atomic E-state index is 13.8. The number of nitrogens with two attached hydrogens (primary N) is 1. The maximum absolute atomic E-state index is 13.8. The number of benzene rings is 2. The van der Waals surface area contributed by atoms with E-state index in [2.05, 4.69) is 5.32 Å². The highest BCUT2D eigenvalue weighted by Crippen LogP contribution is 2.16. The van der Waals surface area contributed by atoms with Gasteiger partial charge < -0.3 is 15.4 Å². The van der Waals surface area contributed by atoms with Crippen molar-refractivity contribution in [2.75, 3.05) is 18.5 Å². The Morgan fingerprint density at radius 2 is 1.92 bits per heavy atom. The van der Waals surface area contributed by atoms with Crippen molar-refractivity contribution in [3.05, 3.63) is 65.2 Å². The highest BCUT2D eigenvalue weighted by molar-refractivity contribution is 6.01. The summed E-state index contributed by atoms with van der Waals surface area (Å²) in [5.41, 5.74) is 0.927. The Labute approximate surface area is 150 Å². The highest BCUT2D eigenvalue weighted by Gasteiger charge is 2.18. The third kappa shape index (κ3) is 5.10. The minimum atomic E-state index is -0.651. The molecular weight excluding hydrogens is 342 g/mol. The Morgan fingerprint density at radius 3 is 2.62 bits per heavy atom. The van der Waals surface area contributed by atoms with E-state index < -0.39 is 17.6 Å². The van der Waals surface area contributed by atoms with E-state index in [0.29, 0.717) is 11.3 Å². The Bertz CT molecular complexity index is 796. The second-order valence-electron chi connectivity index (χ2n) is 5.71. The zero-order valence-corrected chi connectivity index (χ0v) is 14.6. The van der Waals surface area contributed by atoms with E-state index in [1.54, 1.807) is 43.4 Å². The number of halogens is 2. The lowest BCUT2D eigenvalue weighted by molar-refractivity contribution is -0.682. The van der Waals surface area contributed by atoms with Crippen LogP contribution in [0.5, 0.6) is 0 Å². The number of amides is 1. The fourth-order valence-corrected chi connectivity index (χ4v) is 2.46. The Balaban J connectivity index is 1.98. The molecule has 0 fully saturated rings. The van der Waals surface area contributed by atoms with Crippen molar-refractivity contribution >= 4 is 17.6 Å². The summed E-state index contributed by atoms with van der Waals surface area (Å²) >= 11 is 0.